The molecule has 25 heavy (non-hydrogen) atoms. The number of anilines is 1. The minimum atomic E-state index is 0.108. The number of hydrogen-bond acceptors (Lipinski definition) is 3. The third kappa shape index (κ3) is 3.72. The number of amides is 1. The van der Waals surface area contributed by atoms with E-state index in [1.807, 2.05) is 42.5 Å². The van der Waals surface area contributed by atoms with E-state index in [4.69, 9.17) is 0 Å². The summed E-state index contributed by atoms with van der Waals surface area (Å²) in [7, 11) is 0. The molecule has 0 N–H and O–H groups in total. The van der Waals surface area contributed by atoms with E-state index in [0.29, 0.717) is 18.2 Å². The smallest absolute Gasteiger partial charge is 0.244 e. The van der Waals surface area contributed by atoms with E-state index in [1.54, 1.807) is 11.2 Å². The lowest BCUT2D eigenvalue weighted by Crippen LogP contribution is -2.44. The number of hydrogen-bond donors (Lipinski definition) is 0. The minimum Gasteiger partial charge on any atom is -0.273 e. The fraction of sp³-hybridized carbons (Fsp3) is 0.333. The molecule has 128 valence electrons. The summed E-state index contributed by atoms with van der Waals surface area (Å²) in [5, 5.41) is 3.84. The molecule has 0 bridgehead atoms. The Labute approximate surface area is 149 Å². The molecule has 4 heteroatoms. The molecule has 0 spiro atoms. The molecule has 1 saturated heterocycles. The Bertz CT molecular complexity index is 787. The number of benzene rings is 1. The predicted octanol–water partition coefficient (Wildman–Crippen LogP) is 3.48. The first-order valence-electron chi connectivity index (χ1n) is 8.72. The Morgan fingerprint density at radius 2 is 1.84 bits per heavy atom. The van der Waals surface area contributed by atoms with Crippen LogP contribution < -0.4 is 5.01 Å². The normalized spacial score (nSPS) is 17.7. The van der Waals surface area contributed by atoms with Crippen molar-refractivity contribution in [3.05, 3.63) is 59.8 Å². The Morgan fingerprint density at radius 3 is 2.44 bits per heavy atom. The van der Waals surface area contributed by atoms with Crippen LogP contribution in [0.3, 0.4) is 0 Å². The summed E-state index contributed by atoms with van der Waals surface area (Å²) in [6, 6.07) is 13.9. The van der Waals surface area contributed by atoms with Gasteiger partial charge in [0.2, 0.25) is 5.91 Å². The molecular weight excluding hydrogens is 310 g/mol. The quantitative estimate of drug-likeness (QED) is 0.807. The van der Waals surface area contributed by atoms with Gasteiger partial charge >= 0.3 is 0 Å². The van der Waals surface area contributed by atoms with Crippen molar-refractivity contribution in [2.75, 3.05) is 11.6 Å². The van der Waals surface area contributed by atoms with Crippen LogP contribution in [0.2, 0.25) is 0 Å². The van der Waals surface area contributed by atoms with E-state index in [1.165, 1.54) is 0 Å². The lowest BCUT2D eigenvalue weighted by atomic mass is 10.0. The van der Waals surface area contributed by atoms with Crippen molar-refractivity contribution < 1.29 is 4.79 Å². The monoisotopic (exact) mass is 333 g/mol. The van der Waals surface area contributed by atoms with Crippen LogP contribution in [0, 0.1) is 17.8 Å². The highest BCUT2D eigenvalue weighted by atomic mass is 16.2. The van der Waals surface area contributed by atoms with Gasteiger partial charge in [0, 0.05) is 36.3 Å². The summed E-state index contributed by atoms with van der Waals surface area (Å²) in [6.45, 7) is 7.16. The van der Waals surface area contributed by atoms with Gasteiger partial charge in [-0.3, -0.25) is 4.79 Å². The third-order valence-electron chi connectivity index (χ3n) is 4.44. The van der Waals surface area contributed by atoms with Crippen molar-refractivity contribution in [1.82, 2.24) is 9.99 Å². The number of carbonyl (C=O) groups is 1. The van der Waals surface area contributed by atoms with Gasteiger partial charge in [0.1, 0.15) is 5.82 Å². The SMILES string of the molecule is CCN1C(C(C)C)CC(=O)N1c1ccc(C#Cc2ccccc2)cn1. The molecule has 1 aromatic carbocycles. The highest BCUT2D eigenvalue weighted by Crippen LogP contribution is 2.29. The van der Waals surface area contributed by atoms with Crippen molar-refractivity contribution in [3.63, 3.8) is 0 Å². The molecule has 4 nitrogen and oxygen atoms in total. The molecule has 0 aliphatic carbocycles. The summed E-state index contributed by atoms with van der Waals surface area (Å²) in [5.41, 5.74) is 1.81. The van der Waals surface area contributed by atoms with Crippen molar-refractivity contribution in [2.24, 2.45) is 5.92 Å². The average Bonchev–Trinajstić information content (AvgIpc) is 2.98. The van der Waals surface area contributed by atoms with E-state index >= 15 is 0 Å². The summed E-state index contributed by atoms with van der Waals surface area (Å²) >= 11 is 0. The van der Waals surface area contributed by atoms with Crippen molar-refractivity contribution in [3.8, 4) is 11.8 Å². The number of carbonyl (C=O) groups excluding carboxylic acids is 1. The summed E-state index contributed by atoms with van der Waals surface area (Å²) in [5.74, 6) is 7.43. The van der Waals surface area contributed by atoms with E-state index in [0.717, 1.165) is 17.7 Å². The number of rotatable bonds is 3. The van der Waals surface area contributed by atoms with Crippen molar-refractivity contribution >= 4 is 11.7 Å². The molecule has 1 fully saturated rings. The Kier molecular flexibility index (Phi) is 5.16. The highest BCUT2D eigenvalue weighted by molar-refractivity contribution is 5.94. The number of hydrazine groups is 1. The number of aromatic nitrogens is 1. The first-order chi connectivity index (χ1) is 12.1. The van der Waals surface area contributed by atoms with Gasteiger partial charge < -0.3 is 0 Å². The van der Waals surface area contributed by atoms with Crippen LogP contribution in [-0.2, 0) is 4.79 Å². The largest absolute Gasteiger partial charge is 0.273 e. The molecule has 0 saturated carbocycles. The van der Waals surface area contributed by atoms with E-state index in [-0.39, 0.29) is 11.9 Å². The van der Waals surface area contributed by atoms with Crippen LogP contribution in [0.15, 0.2) is 48.7 Å². The van der Waals surface area contributed by atoms with Gasteiger partial charge in [-0.25, -0.2) is 15.0 Å². The highest BCUT2D eigenvalue weighted by Gasteiger charge is 2.39. The summed E-state index contributed by atoms with van der Waals surface area (Å²) < 4.78 is 0. The van der Waals surface area contributed by atoms with Gasteiger partial charge in [0.15, 0.2) is 0 Å². The van der Waals surface area contributed by atoms with Crippen LogP contribution in [0.25, 0.3) is 0 Å². The zero-order chi connectivity index (χ0) is 17.8. The summed E-state index contributed by atoms with van der Waals surface area (Å²) in [4.78, 5) is 16.9. The predicted molar refractivity (Wildman–Crippen MR) is 99.8 cm³/mol. The summed E-state index contributed by atoms with van der Waals surface area (Å²) in [6.07, 6.45) is 2.28. The van der Waals surface area contributed by atoms with Crippen molar-refractivity contribution in [1.29, 1.82) is 0 Å². The minimum absolute atomic E-state index is 0.108. The number of pyridine rings is 1. The molecule has 1 unspecified atom stereocenters. The van der Waals surface area contributed by atoms with Crippen LogP contribution in [0.4, 0.5) is 5.82 Å². The zero-order valence-corrected chi connectivity index (χ0v) is 14.9. The van der Waals surface area contributed by atoms with E-state index in [2.05, 4.69) is 42.6 Å². The third-order valence-corrected chi connectivity index (χ3v) is 4.44. The maximum atomic E-state index is 12.5. The molecule has 3 rings (SSSR count). The van der Waals surface area contributed by atoms with Gasteiger partial charge in [0.05, 0.1) is 0 Å². The van der Waals surface area contributed by atoms with Gasteiger partial charge in [-0.2, -0.15) is 0 Å². The second kappa shape index (κ2) is 7.50. The molecule has 2 aromatic rings. The molecule has 1 amide bonds. The molecule has 1 atom stereocenters. The average molecular weight is 333 g/mol. The Hall–Kier alpha value is -2.64. The number of nitrogens with zero attached hydrogens (tertiary/aromatic N) is 3. The van der Waals surface area contributed by atoms with Crippen LogP contribution in [-0.4, -0.2) is 28.5 Å². The second-order valence-electron chi connectivity index (χ2n) is 6.50. The van der Waals surface area contributed by atoms with Crippen LogP contribution >= 0.6 is 0 Å². The fourth-order valence-corrected chi connectivity index (χ4v) is 3.13. The first kappa shape index (κ1) is 17.2. The second-order valence-corrected chi connectivity index (χ2v) is 6.50. The van der Waals surface area contributed by atoms with Crippen LogP contribution in [0.1, 0.15) is 38.3 Å². The molecule has 1 aromatic heterocycles. The van der Waals surface area contributed by atoms with Gasteiger partial charge in [-0.1, -0.05) is 50.8 Å². The fourth-order valence-electron chi connectivity index (χ4n) is 3.13. The zero-order valence-electron chi connectivity index (χ0n) is 14.9. The van der Waals surface area contributed by atoms with Crippen molar-refractivity contribution in [2.45, 2.75) is 33.2 Å². The Balaban J connectivity index is 1.80. The van der Waals surface area contributed by atoms with Gasteiger partial charge in [-0.15, -0.1) is 0 Å². The molecule has 1 aliphatic heterocycles. The van der Waals surface area contributed by atoms with Gasteiger partial charge in [0.25, 0.3) is 0 Å². The molecule has 0 radical (unpaired) electrons. The molecule has 2 heterocycles. The molecule has 1 aliphatic rings. The maximum absolute atomic E-state index is 12.5. The lowest BCUT2D eigenvalue weighted by molar-refractivity contribution is -0.118. The standard InChI is InChI=1S/C21H23N3O/c1-4-23-19(16(2)3)14-21(25)24(23)20-13-12-18(15-22-20)11-10-17-8-6-5-7-9-17/h5-9,12-13,15-16,19H,4,14H2,1-3H3. The lowest BCUT2D eigenvalue weighted by Gasteiger charge is -2.31. The Morgan fingerprint density at radius 1 is 1.12 bits per heavy atom. The maximum Gasteiger partial charge on any atom is 0.244 e. The molecular formula is C21H23N3O. The van der Waals surface area contributed by atoms with E-state index < -0.39 is 0 Å². The van der Waals surface area contributed by atoms with Crippen LogP contribution in [0.5, 0.6) is 0 Å². The first-order valence-corrected chi connectivity index (χ1v) is 8.72. The van der Waals surface area contributed by atoms with Gasteiger partial charge in [-0.05, 0) is 30.2 Å². The topological polar surface area (TPSA) is 36.4 Å². The van der Waals surface area contributed by atoms with E-state index in [9.17, 15) is 4.79 Å².